The number of carboxylic acids is 1. The number of hydrogen-bond acceptors (Lipinski definition) is 5. The first-order valence-corrected chi connectivity index (χ1v) is 8.57. The van der Waals surface area contributed by atoms with E-state index in [2.05, 4.69) is 9.71 Å². The first-order valence-electron chi connectivity index (χ1n) is 6.27. The zero-order valence-electron chi connectivity index (χ0n) is 11.1. The van der Waals surface area contributed by atoms with Gasteiger partial charge < -0.3 is 9.67 Å². The molecule has 0 aliphatic heterocycles. The summed E-state index contributed by atoms with van der Waals surface area (Å²) in [6, 6.07) is 1.27. The van der Waals surface area contributed by atoms with E-state index >= 15 is 0 Å². The van der Waals surface area contributed by atoms with Crippen LogP contribution in [0.3, 0.4) is 0 Å². The van der Waals surface area contributed by atoms with Gasteiger partial charge in [0.2, 0.25) is 0 Å². The summed E-state index contributed by atoms with van der Waals surface area (Å²) in [7, 11) is -3.83. The number of thiazole rings is 1. The minimum absolute atomic E-state index is 0.00630. The van der Waals surface area contributed by atoms with Crippen molar-refractivity contribution in [2.24, 2.45) is 0 Å². The SMILES string of the molecule is Cc1cnc(NS(=O)(=O)c2cc(C(=O)O)n(C3CC3)c2)s1. The van der Waals surface area contributed by atoms with Crippen molar-refractivity contribution in [3.63, 3.8) is 0 Å². The Morgan fingerprint density at radius 1 is 1.52 bits per heavy atom. The van der Waals surface area contributed by atoms with Gasteiger partial charge in [0, 0.05) is 23.3 Å². The summed E-state index contributed by atoms with van der Waals surface area (Å²) < 4.78 is 28.5. The van der Waals surface area contributed by atoms with Crippen molar-refractivity contribution in [3.8, 4) is 0 Å². The molecule has 2 heterocycles. The maximum absolute atomic E-state index is 12.3. The van der Waals surface area contributed by atoms with Crippen LogP contribution in [-0.2, 0) is 10.0 Å². The molecule has 1 saturated carbocycles. The van der Waals surface area contributed by atoms with E-state index in [0.717, 1.165) is 17.7 Å². The Morgan fingerprint density at radius 2 is 2.24 bits per heavy atom. The molecule has 0 bridgehead atoms. The number of aromatic nitrogens is 2. The molecule has 1 fully saturated rings. The molecule has 0 unspecified atom stereocenters. The van der Waals surface area contributed by atoms with Gasteiger partial charge >= 0.3 is 5.97 Å². The number of nitrogens with zero attached hydrogens (tertiary/aromatic N) is 2. The van der Waals surface area contributed by atoms with E-state index in [4.69, 9.17) is 5.11 Å². The second kappa shape index (κ2) is 4.85. The third kappa shape index (κ3) is 2.79. The lowest BCUT2D eigenvalue weighted by Crippen LogP contribution is -2.12. The molecular formula is C12H13N3O4S2. The van der Waals surface area contributed by atoms with Crippen molar-refractivity contribution in [2.75, 3.05) is 4.72 Å². The maximum atomic E-state index is 12.3. The van der Waals surface area contributed by atoms with Crippen LogP contribution in [0.4, 0.5) is 5.13 Å². The van der Waals surface area contributed by atoms with Crippen LogP contribution in [0.5, 0.6) is 0 Å². The van der Waals surface area contributed by atoms with Gasteiger partial charge in [-0.1, -0.05) is 0 Å². The second-order valence-electron chi connectivity index (χ2n) is 4.89. The van der Waals surface area contributed by atoms with Crippen molar-refractivity contribution in [3.05, 3.63) is 29.0 Å². The highest BCUT2D eigenvalue weighted by Crippen LogP contribution is 2.37. The van der Waals surface area contributed by atoms with Gasteiger partial charge in [-0.15, -0.1) is 11.3 Å². The van der Waals surface area contributed by atoms with E-state index in [1.807, 2.05) is 6.92 Å². The van der Waals surface area contributed by atoms with Gasteiger partial charge in [-0.3, -0.25) is 4.72 Å². The van der Waals surface area contributed by atoms with Crippen LogP contribution in [0.2, 0.25) is 0 Å². The Labute approximate surface area is 125 Å². The predicted octanol–water partition coefficient (Wildman–Crippen LogP) is 2.09. The number of anilines is 1. The summed E-state index contributed by atoms with van der Waals surface area (Å²) in [5.41, 5.74) is -0.00630. The number of aryl methyl sites for hydroxylation is 1. The first-order chi connectivity index (χ1) is 9.87. The molecule has 3 rings (SSSR count). The minimum Gasteiger partial charge on any atom is -0.477 e. The van der Waals surface area contributed by atoms with Crippen molar-refractivity contribution < 1.29 is 18.3 Å². The number of carboxylic acid groups (broad SMARTS) is 1. The third-order valence-electron chi connectivity index (χ3n) is 3.14. The molecule has 2 N–H and O–H groups in total. The number of aromatic carboxylic acids is 1. The molecule has 1 aliphatic rings. The smallest absolute Gasteiger partial charge is 0.352 e. The Hall–Kier alpha value is -1.87. The zero-order valence-corrected chi connectivity index (χ0v) is 12.7. The summed E-state index contributed by atoms with van der Waals surface area (Å²) in [5.74, 6) is -1.13. The second-order valence-corrected chi connectivity index (χ2v) is 7.80. The van der Waals surface area contributed by atoms with E-state index in [1.54, 1.807) is 6.20 Å². The number of carbonyl (C=O) groups is 1. The van der Waals surface area contributed by atoms with Gasteiger partial charge in [-0.2, -0.15) is 0 Å². The number of hydrogen-bond donors (Lipinski definition) is 2. The Bertz CT molecular complexity index is 802. The lowest BCUT2D eigenvalue weighted by molar-refractivity contribution is 0.0685. The van der Waals surface area contributed by atoms with Crippen molar-refractivity contribution in [2.45, 2.75) is 30.7 Å². The van der Waals surface area contributed by atoms with Gasteiger partial charge in [0.25, 0.3) is 10.0 Å². The van der Waals surface area contributed by atoms with Crippen LogP contribution in [0.25, 0.3) is 0 Å². The highest BCUT2D eigenvalue weighted by molar-refractivity contribution is 7.93. The minimum atomic E-state index is -3.83. The third-order valence-corrected chi connectivity index (χ3v) is 5.40. The molecule has 7 nitrogen and oxygen atoms in total. The molecular weight excluding hydrogens is 314 g/mol. The van der Waals surface area contributed by atoms with Crippen molar-refractivity contribution in [1.82, 2.24) is 9.55 Å². The molecule has 2 aromatic heterocycles. The van der Waals surface area contributed by atoms with Crippen molar-refractivity contribution in [1.29, 1.82) is 0 Å². The largest absolute Gasteiger partial charge is 0.477 e. The average molecular weight is 327 g/mol. The van der Waals surface area contributed by atoms with E-state index in [1.165, 1.54) is 28.2 Å². The quantitative estimate of drug-likeness (QED) is 0.875. The summed E-state index contributed by atoms with van der Waals surface area (Å²) in [6.45, 7) is 1.82. The molecule has 112 valence electrons. The monoisotopic (exact) mass is 327 g/mol. The first kappa shape index (κ1) is 14.1. The molecule has 0 spiro atoms. The zero-order chi connectivity index (χ0) is 15.2. The highest BCUT2D eigenvalue weighted by Gasteiger charge is 2.30. The van der Waals surface area contributed by atoms with Gasteiger partial charge in [0.15, 0.2) is 5.13 Å². The highest BCUT2D eigenvalue weighted by atomic mass is 32.2. The molecule has 0 amide bonds. The molecule has 0 saturated heterocycles. The fourth-order valence-electron chi connectivity index (χ4n) is 2.00. The van der Waals surface area contributed by atoms with Crippen LogP contribution in [-0.4, -0.2) is 29.0 Å². The van der Waals surface area contributed by atoms with E-state index in [9.17, 15) is 13.2 Å². The molecule has 0 aromatic carbocycles. The van der Waals surface area contributed by atoms with Crippen LogP contribution >= 0.6 is 11.3 Å². The normalized spacial score (nSPS) is 15.1. The van der Waals surface area contributed by atoms with Gasteiger partial charge in [0.05, 0.1) is 0 Å². The summed E-state index contributed by atoms with van der Waals surface area (Å²) in [6.07, 6.45) is 4.69. The number of sulfonamides is 1. The molecule has 0 radical (unpaired) electrons. The van der Waals surface area contributed by atoms with Gasteiger partial charge in [-0.25, -0.2) is 18.2 Å². The van der Waals surface area contributed by atoms with Crippen LogP contribution in [0.15, 0.2) is 23.4 Å². The topological polar surface area (TPSA) is 101 Å². The van der Waals surface area contributed by atoms with Crippen LogP contribution in [0.1, 0.15) is 34.2 Å². The van der Waals surface area contributed by atoms with Crippen LogP contribution < -0.4 is 4.72 Å². The lowest BCUT2D eigenvalue weighted by Gasteiger charge is -2.03. The Morgan fingerprint density at radius 3 is 2.76 bits per heavy atom. The molecule has 0 atom stereocenters. The Balaban J connectivity index is 1.95. The fourth-order valence-corrected chi connectivity index (χ4v) is 3.93. The van der Waals surface area contributed by atoms with E-state index < -0.39 is 16.0 Å². The molecule has 9 heteroatoms. The predicted molar refractivity (Wildman–Crippen MR) is 77.3 cm³/mol. The van der Waals surface area contributed by atoms with Gasteiger partial charge in [0.1, 0.15) is 10.6 Å². The summed E-state index contributed by atoms with van der Waals surface area (Å²) in [5, 5.41) is 9.44. The van der Waals surface area contributed by atoms with Crippen LogP contribution in [0, 0.1) is 6.92 Å². The lowest BCUT2D eigenvalue weighted by atomic mass is 10.4. The fraction of sp³-hybridized carbons (Fsp3) is 0.333. The summed E-state index contributed by atoms with van der Waals surface area (Å²) in [4.78, 5) is 16.0. The number of nitrogens with one attached hydrogen (secondary N) is 1. The van der Waals surface area contributed by atoms with E-state index in [0.29, 0.717) is 0 Å². The van der Waals surface area contributed by atoms with Crippen molar-refractivity contribution >= 4 is 32.5 Å². The van der Waals surface area contributed by atoms with Gasteiger partial charge in [-0.05, 0) is 25.8 Å². The Kier molecular flexibility index (Phi) is 3.25. The number of rotatable bonds is 5. The maximum Gasteiger partial charge on any atom is 0.352 e. The standard InChI is InChI=1S/C12H13N3O4S2/c1-7-5-13-12(20-7)14-21(18,19)9-4-10(11(16)17)15(6-9)8-2-3-8/h4-6,8H,2-3H2,1H3,(H,13,14)(H,16,17). The molecule has 21 heavy (non-hydrogen) atoms. The molecule has 1 aliphatic carbocycles. The molecule has 2 aromatic rings. The van der Waals surface area contributed by atoms with E-state index in [-0.39, 0.29) is 21.8 Å². The average Bonchev–Trinajstić information content (AvgIpc) is 2.99. The summed E-state index contributed by atoms with van der Waals surface area (Å²) >= 11 is 1.22.